The van der Waals surface area contributed by atoms with Gasteiger partial charge in [-0.05, 0) is 45.9 Å². The van der Waals surface area contributed by atoms with Gasteiger partial charge < -0.3 is 9.74 Å². The molecule has 1 saturated heterocycles. The van der Waals surface area contributed by atoms with Gasteiger partial charge in [-0.15, -0.1) is 4.99 Å². The van der Waals surface area contributed by atoms with E-state index in [1.807, 2.05) is 36.4 Å². The fourth-order valence-corrected chi connectivity index (χ4v) is 6.22. The minimum atomic E-state index is -0.533. The summed E-state index contributed by atoms with van der Waals surface area (Å²) < 4.78 is 0. The van der Waals surface area contributed by atoms with E-state index in [9.17, 15) is 9.59 Å². The molecular weight excluding hydrogens is 505 g/mol. The molecular formula is C20H24N4O5S4. The van der Waals surface area contributed by atoms with Gasteiger partial charge in [0.1, 0.15) is 16.7 Å². The molecule has 1 aliphatic rings. The molecule has 9 nitrogen and oxygen atoms in total. The van der Waals surface area contributed by atoms with E-state index in [-0.39, 0.29) is 18.7 Å². The van der Waals surface area contributed by atoms with Crippen molar-refractivity contribution in [2.24, 2.45) is 0 Å². The number of pyridine rings is 2. The van der Waals surface area contributed by atoms with Crippen molar-refractivity contribution in [2.75, 3.05) is 37.7 Å². The standard InChI is InChI=1S/C20H24N4O5S4/c25-19(7-8-20(26)28-24-11-14-27-29-24)23(12-15-30-32-17-5-1-3-9-21-17)13-16-31-33-18-6-2-4-10-22-18/h1-6,9-10H,7-8,11-16H2. The Labute approximate surface area is 208 Å². The number of carbonyl (C=O) groups excluding carboxylic acids is 2. The number of hydroxylamine groups is 2. The first-order valence-electron chi connectivity index (χ1n) is 10.2. The average molecular weight is 529 g/mol. The van der Waals surface area contributed by atoms with Gasteiger partial charge >= 0.3 is 5.97 Å². The minimum Gasteiger partial charge on any atom is -0.341 e. The molecule has 0 N–H and O–H groups in total. The van der Waals surface area contributed by atoms with Crippen molar-refractivity contribution in [3.8, 4) is 0 Å². The summed E-state index contributed by atoms with van der Waals surface area (Å²) in [6, 6.07) is 11.5. The molecule has 1 fully saturated rings. The molecule has 0 unspecified atom stereocenters. The smallest absolute Gasteiger partial charge is 0.328 e. The zero-order valence-electron chi connectivity index (χ0n) is 17.7. The lowest BCUT2D eigenvalue weighted by Crippen LogP contribution is -2.35. The Hall–Kier alpha value is -1.48. The van der Waals surface area contributed by atoms with E-state index in [4.69, 9.17) is 4.84 Å². The number of nitrogens with zero attached hydrogens (tertiary/aromatic N) is 4. The summed E-state index contributed by atoms with van der Waals surface area (Å²) in [6.07, 6.45) is 3.56. The molecule has 0 saturated carbocycles. The molecule has 0 aromatic carbocycles. The van der Waals surface area contributed by atoms with Crippen LogP contribution in [0.15, 0.2) is 58.8 Å². The van der Waals surface area contributed by atoms with E-state index in [2.05, 4.69) is 19.8 Å². The van der Waals surface area contributed by atoms with Gasteiger partial charge in [0.15, 0.2) is 0 Å². The zero-order chi connectivity index (χ0) is 23.1. The second-order valence-electron chi connectivity index (χ2n) is 6.44. The third-order valence-corrected chi connectivity index (χ3v) is 8.54. The lowest BCUT2D eigenvalue weighted by atomic mass is 10.3. The number of carbonyl (C=O) groups is 2. The van der Waals surface area contributed by atoms with Crippen LogP contribution in [0.5, 0.6) is 0 Å². The van der Waals surface area contributed by atoms with Gasteiger partial charge in [-0.25, -0.2) is 14.9 Å². The summed E-state index contributed by atoms with van der Waals surface area (Å²) in [7, 11) is 6.45. The Bertz CT molecular complexity index is 799. The molecule has 13 heteroatoms. The van der Waals surface area contributed by atoms with Crippen molar-refractivity contribution in [1.29, 1.82) is 0 Å². The lowest BCUT2D eigenvalue weighted by Gasteiger charge is -2.22. The van der Waals surface area contributed by atoms with Gasteiger partial charge in [0, 0.05) is 48.6 Å². The molecule has 33 heavy (non-hydrogen) atoms. The lowest BCUT2D eigenvalue weighted by molar-refractivity contribution is -0.457. The highest BCUT2D eigenvalue weighted by molar-refractivity contribution is 8.77. The second-order valence-corrected chi connectivity index (χ2v) is 11.3. The van der Waals surface area contributed by atoms with Crippen LogP contribution in [0.2, 0.25) is 0 Å². The summed E-state index contributed by atoms with van der Waals surface area (Å²) >= 11 is 0. The van der Waals surface area contributed by atoms with E-state index >= 15 is 0 Å². The molecule has 2 aromatic heterocycles. The van der Waals surface area contributed by atoms with Crippen LogP contribution in [0.25, 0.3) is 0 Å². The van der Waals surface area contributed by atoms with E-state index in [1.54, 1.807) is 60.5 Å². The van der Waals surface area contributed by atoms with Crippen LogP contribution >= 0.6 is 43.2 Å². The Morgan fingerprint density at radius 1 is 0.970 bits per heavy atom. The van der Waals surface area contributed by atoms with Gasteiger partial charge in [-0.1, -0.05) is 33.7 Å². The van der Waals surface area contributed by atoms with Crippen LogP contribution in [-0.4, -0.2) is 69.7 Å². The SMILES string of the molecule is O=C(CCC(=O)N(CCSSc1ccccn1)CCSSc1ccccn1)ON1CCOO1. The zero-order valence-corrected chi connectivity index (χ0v) is 21.0. The van der Waals surface area contributed by atoms with Gasteiger partial charge in [0.05, 0.1) is 13.0 Å². The summed E-state index contributed by atoms with van der Waals surface area (Å²) in [5.74, 6) is 0.870. The van der Waals surface area contributed by atoms with Crippen molar-refractivity contribution >= 4 is 55.1 Å². The largest absolute Gasteiger partial charge is 0.341 e. The fraction of sp³-hybridized carbons (Fsp3) is 0.400. The predicted octanol–water partition coefficient (Wildman–Crippen LogP) is 3.90. The van der Waals surface area contributed by atoms with E-state index in [1.165, 1.54) is 0 Å². The number of hydrogen-bond acceptors (Lipinski definition) is 12. The summed E-state index contributed by atoms with van der Waals surface area (Å²) in [5.41, 5.74) is 0. The van der Waals surface area contributed by atoms with Crippen molar-refractivity contribution < 1.29 is 24.3 Å². The maximum absolute atomic E-state index is 12.8. The molecule has 3 rings (SSSR count). The van der Waals surface area contributed by atoms with Crippen LogP contribution in [0.3, 0.4) is 0 Å². The second kappa shape index (κ2) is 15.4. The highest BCUT2D eigenvalue weighted by atomic mass is 33.1. The summed E-state index contributed by atoms with van der Waals surface area (Å²) in [5, 5.41) is 2.83. The van der Waals surface area contributed by atoms with Crippen LogP contribution in [-0.2, 0) is 24.3 Å². The van der Waals surface area contributed by atoms with Gasteiger partial charge in [0.2, 0.25) is 5.91 Å². The summed E-state index contributed by atoms with van der Waals surface area (Å²) in [6.45, 7) is 1.82. The Balaban J connectivity index is 1.41. The Morgan fingerprint density at radius 2 is 1.61 bits per heavy atom. The molecule has 1 aliphatic heterocycles. The van der Waals surface area contributed by atoms with Gasteiger partial charge in [-0.2, -0.15) is 0 Å². The van der Waals surface area contributed by atoms with Crippen LogP contribution in [0.4, 0.5) is 0 Å². The van der Waals surface area contributed by atoms with E-state index in [0.29, 0.717) is 26.2 Å². The normalized spacial score (nSPS) is 13.7. The highest BCUT2D eigenvalue weighted by Gasteiger charge is 2.21. The first-order valence-corrected chi connectivity index (χ1v) is 14.8. The molecule has 3 heterocycles. The molecule has 178 valence electrons. The molecule has 0 radical (unpaired) electrons. The average Bonchev–Trinajstić information content (AvgIpc) is 3.36. The number of aromatic nitrogens is 2. The topological polar surface area (TPSA) is 94.1 Å². The molecule has 2 aromatic rings. The molecule has 0 atom stereocenters. The van der Waals surface area contributed by atoms with Gasteiger partial charge in [-0.3, -0.25) is 9.59 Å². The van der Waals surface area contributed by atoms with Crippen molar-refractivity contribution in [1.82, 2.24) is 20.1 Å². The van der Waals surface area contributed by atoms with Crippen LogP contribution < -0.4 is 0 Å². The van der Waals surface area contributed by atoms with Crippen LogP contribution in [0, 0.1) is 0 Å². The predicted molar refractivity (Wildman–Crippen MR) is 131 cm³/mol. The third-order valence-electron chi connectivity index (χ3n) is 4.05. The van der Waals surface area contributed by atoms with E-state index < -0.39 is 5.97 Å². The minimum absolute atomic E-state index is 0.0269. The number of rotatable bonds is 14. The van der Waals surface area contributed by atoms with Gasteiger partial charge in [0.25, 0.3) is 0 Å². The molecule has 0 bridgehead atoms. The quantitative estimate of drug-likeness (QED) is 0.202. The number of amides is 1. The summed E-state index contributed by atoms with van der Waals surface area (Å²) in [4.78, 5) is 49.4. The molecule has 0 aliphatic carbocycles. The van der Waals surface area contributed by atoms with Crippen molar-refractivity contribution in [2.45, 2.75) is 22.9 Å². The maximum Gasteiger partial charge on any atom is 0.328 e. The van der Waals surface area contributed by atoms with Crippen molar-refractivity contribution in [3.63, 3.8) is 0 Å². The fourth-order valence-electron chi connectivity index (χ4n) is 2.49. The Morgan fingerprint density at radius 3 is 2.12 bits per heavy atom. The van der Waals surface area contributed by atoms with Crippen molar-refractivity contribution in [3.05, 3.63) is 48.8 Å². The first kappa shape index (κ1) is 26.1. The molecule has 0 spiro atoms. The van der Waals surface area contributed by atoms with Crippen LogP contribution in [0.1, 0.15) is 12.8 Å². The number of hydrogen-bond donors (Lipinski definition) is 0. The highest BCUT2D eigenvalue weighted by Crippen LogP contribution is 2.30. The monoisotopic (exact) mass is 528 g/mol. The maximum atomic E-state index is 12.8. The Kier molecular flexibility index (Phi) is 12.2. The first-order chi connectivity index (χ1) is 16.2. The molecule has 1 amide bonds. The van der Waals surface area contributed by atoms with E-state index in [0.717, 1.165) is 26.8 Å². The third kappa shape index (κ3) is 10.5.